The van der Waals surface area contributed by atoms with Crippen LogP contribution >= 0.6 is 0 Å². The zero-order valence-corrected chi connectivity index (χ0v) is 8.92. The molecule has 1 aromatic rings. The van der Waals surface area contributed by atoms with Crippen LogP contribution in [0, 0.1) is 0 Å². The maximum atomic E-state index is 5.48. The highest BCUT2D eigenvalue weighted by molar-refractivity contribution is 6.46. The molecule has 0 aliphatic carbocycles. The number of nitrogens with two attached hydrogens (primary N) is 1. The molecule has 0 saturated carbocycles. The molecule has 0 aromatic heterocycles. The molecule has 0 spiro atoms. The van der Waals surface area contributed by atoms with E-state index in [0.717, 1.165) is 13.0 Å². The van der Waals surface area contributed by atoms with Crippen molar-refractivity contribution in [2.24, 2.45) is 5.73 Å². The van der Waals surface area contributed by atoms with Crippen molar-refractivity contribution >= 4 is 14.9 Å². The number of benzene rings is 1. The van der Waals surface area contributed by atoms with Crippen LogP contribution in [0.2, 0.25) is 0 Å². The number of hydrogen-bond acceptors (Lipinski definition) is 2. The van der Waals surface area contributed by atoms with Gasteiger partial charge >= 0.3 is 0 Å². The normalized spacial score (nSPS) is 10.3. The molecule has 2 N–H and O–H groups in total. The maximum Gasteiger partial charge on any atom is 0.268 e. The monoisotopic (exact) mass is 193 g/mol. The summed E-state index contributed by atoms with van der Waals surface area (Å²) in [7, 11) is 0.465. The van der Waals surface area contributed by atoms with Gasteiger partial charge < -0.3 is 10.2 Å². The van der Waals surface area contributed by atoms with E-state index in [-0.39, 0.29) is 0 Å². The fourth-order valence-corrected chi connectivity index (χ4v) is 1.83. The van der Waals surface area contributed by atoms with Gasteiger partial charge in [-0.25, -0.2) is 0 Å². The summed E-state index contributed by atoms with van der Waals surface area (Å²) in [4.78, 5) is 0. The average molecular weight is 193 g/mol. The average Bonchev–Trinajstić information content (AvgIpc) is 2.16. The standard InChI is InChI=1S/C10H15NOSi/c1-2-12-13-10-5-3-4-9(8-10)6-7-11/h3-5,8H,2,6-7,11H2,1H3. The molecule has 0 saturated heterocycles. The Hall–Kier alpha value is -0.643. The molecule has 70 valence electrons. The molecule has 0 fully saturated rings. The largest absolute Gasteiger partial charge is 0.412 e. The van der Waals surface area contributed by atoms with E-state index in [9.17, 15) is 0 Å². The third-order valence-corrected chi connectivity index (χ3v) is 2.67. The van der Waals surface area contributed by atoms with E-state index in [1.54, 1.807) is 0 Å². The van der Waals surface area contributed by atoms with E-state index in [0.29, 0.717) is 16.3 Å². The van der Waals surface area contributed by atoms with Crippen molar-refractivity contribution in [1.82, 2.24) is 0 Å². The summed E-state index contributed by atoms with van der Waals surface area (Å²) in [6, 6.07) is 8.42. The Labute approximate surface area is 82.0 Å². The molecule has 3 heteroatoms. The summed E-state index contributed by atoms with van der Waals surface area (Å²) in [5, 5.41) is 1.26. The minimum absolute atomic E-state index is 0.465. The fraction of sp³-hybridized carbons (Fsp3) is 0.400. The zero-order chi connectivity index (χ0) is 9.52. The molecule has 13 heavy (non-hydrogen) atoms. The summed E-state index contributed by atoms with van der Waals surface area (Å²) in [5.74, 6) is 0. The highest BCUT2D eigenvalue weighted by Crippen LogP contribution is 1.96. The second-order valence-electron chi connectivity index (χ2n) is 2.77. The highest BCUT2D eigenvalue weighted by atomic mass is 28.2. The topological polar surface area (TPSA) is 35.2 Å². The van der Waals surface area contributed by atoms with Crippen LogP contribution in [0.25, 0.3) is 0 Å². The van der Waals surface area contributed by atoms with Gasteiger partial charge in [0.25, 0.3) is 9.76 Å². The zero-order valence-electron chi connectivity index (χ0n) is 7.92. The van der Waals surface area contributed by atoms with Crippen LogP contribution in [0.3, 0.4) is 0 Å². The van der Waals surface area contributed by atoms with Crippen molar-refractivity contribution in [1.29, 1.82) is 0 Å². The Morgan fingerprint density at radius 1 is 1.46 bits per heavy atom. The molecule has 0 amide bonds. The van der Waals surface area contributed by atoms with Crippen molar-refractivity contribution in [3.8, 4) is 0 Å². The van der Waals surface area contributed by atoms with Gasteiger partial charge in [0.15, 0.2) is 0 Å². The summed E-state index contributed by atoms with van der Waals surface area (Å²) >= 11 is 0. The maximum absolute atomic E-state index is 5.48. The van der Waals surface area contributed by atoms with Gasteiger partial charge in [-0.3, -0.25) is 0 Å². The highest BCUT2D eigenvalue weighted by Gasteiger charge is 1.97. The first kappa shape index (κ1) is 10.4. The van der Waals surface area contributed by atoms with E-state index in [4.69, 9.17) is 10.2 Å². The molecule has 0 aliphatic heterocycles. The third-order valence-electron chi connectivity index (χ3n) is 1.69. The van der Waals surface area contributed by atoms with Crippen LogP contribution in [0.4, 0.5) is 0 Å². The molecule has 0 unspecified atom stereocenters. The van der Waals surface area contributed by atoms with Gasteiger partial charge in [-0.1, -0.05) is 24.3 Å². The van der Waals surface area contributed by atoms with E-state index >= 15 is 0 Å². The lowest BCUT2D eigenvalue weighted by Crippen LogP contribution is -2.18. The van der Waals surface area contributed by atoms with Gasteiger partial charge in [-0.15, -0.1) is 0 Å². The summed E-state index contributed by atoms with van der Waals surface area (Å²) in [5.41, 5.74) is 6.78. The van der Waals surface area contributed by atoms with E-state index in [1.165, 1.54) is 10.8 Å². The van der Waals surface area contributed by atoms with Gasteiger partial charge in [-0.05, 0) is 30.6 Å². The predicted octanol–water partition coefficient (Wildman–Crippen LogP) is 0.469. The molecule has 0 heterocycles. The smallest absolute Gasteiger partial charge is 0.268 e. The van der Waals surface area contributed by atoms with Gasteiger partial charge in [0, 0.05) is 6.61 Å². The molecule has 0 atom stereocenters. The Balaban J connectivity index is 2.56. The summed E-state index contributed by atoms with van der Waals surface area (Å²) in [6.45, 7) is 3.50. The van der Waals surface area contributed by atoms with Crippen LogP contribution in [0.1, 0.15) is 12.5 Å². The Morgan fingerprint density at radius 3 is 3.00 bits per heavy atom. The Bertz CT molecular complexity index is 252. The minimum atomic E-state index is 0.465. The second kappa shape index (κ2) is 5.91. The fourth-order valence-electron chi connectivity index (χ4n) is 1.11. The van der Waals surface area contributed by atoms with Crippen molar-refractivity contribution < 1.29 is 4.43 Å². The first-order chi connectivity index (χ1) is 6.36. The Kier molecular flexibility index (Phi) is 4.75. The van der Waals surface area contributed by atoms with E-state index < -0.39 is 0 Å². The van der Waals surface area contributed by atoms with E-state index in [1.807, 2.05) is 6.92 Å². The summed E-state index contributed by atoms with van der Waals surface area (Å²) in [6.07, 6.45) is 0.949. The molecular formula is C10H15NOSi. The SMILES string of the molecule is CCO[Si]c1cccc(CCN)c1. The van der Waals surface area contributed by atoms with Crippen LogP contribution in [-0.2, 0) is 10.8 Å². The predicted molar refractivity (Wildman–Crippen MR) is 56.2 cm³/mol. The first-order valence-corrected chi connectivity index (χ1v) is 5.44. The Morgan fingerprint density at radius 2 is 2.31 bits per heavy atom. The van der Waals surface area contributed by atoms with Crippen molar-refractivity contribution in [2.45, 2.75) is 13.3 Å². The van der Waals surface area contributed by atoms with E-state index in [2.05, 4.69) is 24.3 Å². The molecule has 0 aliphatic rings. The van der Waals surface area contributed by atoms with Crippen molar-refractivity contribution in [2.75, 3.05) is 13.2 Å². The van der Waals surface area contributed by atoms with Crippen molar-refractivity contribution in [3.05, 3.63) is 29.8 Å². The van der Waals surface area contributed by atoms with Crippen LogP contribution in [-0.4, -0.2) is 22.9 Å². The van der Waals surface area contributed by atoms with Crippen molar-refractivity contribution in [3.63, 3.8) is 0 Å². The lowest BCUT2D eigenvalue weighted by atomic mass is 10.2. The minimum Gasteiger partial charge on any atom is -0.412 e. The van der Waals surface area contributed by atoms with Gasteiger partial charge in [0.2, 0.25) is 0 Å². The number of rotatable bonds is 5. The lowest BCUT2D eigenvalue weighted by molar-refractivity contribution is 0.367. The summed E-state index contributed by atoms with van der Waals surface area (Å²) < 4.78 is 5.35. The molecule has 2 nitrogen and oxygen atoms in total. The first-order valence-electron chi connectivity index (χ1n) is 4.53. The van der Waals surface area contributed by atoms with Gasteiger partial charge in [0.1, 0.15) is 0 Å². The van der Waals surface area contributed by atoms with Gasteiger partial charge in [-0.2, -0.15) is 0 Å². The molecule has 0 bridgehead atoms. The lowest BCUT2D eigenvalue weighted by Gasteiger charge is -2.02. The molecular weight excluding hydrogens is 178 g/mol. The van der Waals surface area contributed by atoms with Crippen LogP contribution in [0.5, 0.6) is 0 Å². The molecule has 1 rings (SSSR count). The quantitative estimate of drug-likeness (QED) is 0.690. The van der Waals surface area contributed by atoms with Gasteiger partial charge in [0.05, 0.1) is 0 Å². The van der Waals surface area contributed by atoms with Crippen LogP contribution < -0.4 is 10.9 Å². The third kappa shape index (κ3) is 3.72. The molecule has 2 radical (unpaired) electrons. The molecule has 1 aromatic carbocycles. The second-order valence-corrected chi connectivity index (χ2v) is 3.84. The number of hydrogen-bond donors (Lipinski definition) is 1. The van der Waals surface area contributed by atoms with Crippen LogP contribution in [0.15, 0.2) is 24.3 Å².